The van der Waals surface area contributed by atoms with Gasteiger partial charge < -0.3 is 16.2 Å². The largest absolute Gasteiger partial charge is 0.489 e. The lowest BCUT2D eigenvalue weighted by Crippen LogP contribution is -2.11. The van der Waals surface area contributed by atoms with Gasteiger partial charge in [0.2, 0.25) is 5.91 Å². The highest BCUT2D eigenvalue weighted by Crippen LogP contribution is 2.12. The molecular formula is C11H14N2O2. The van der Waals surface area contributed by atoms with Crippen molar-refractivity contribution in [1.29, 1.82) is 0 Å². The molecule has 0 unspecified atom stereocenters. The molecule has 0 saturated carbocycles. The van der Waals surface area contributed by atoms with E-state index in [1.165, 1.54) is 0 Å². The van der Waals surface area contributed by atoms with E-state index in [2.05, 4.69) is 6.58 Å². The van der Waals surface area contributed by atoms with E-state index < -0.39 is 5.91 Å². The number of benzene rings is 1. The van der Waals surface area contributed by atoms with Crippen molar-refractivity contribution in [2.24, 2.45) is 11.5 Å². The van der Waals surface area contributed by atoms with Crippen molar-refractivity contribution in [1.82, 2.24) is 0 Å². The molecule has 0 fully saturated rings. The van der Waals surface area contributed by atoms with Crippen LogP contribution in [0.25, 0.3) is 0 Å². The summed E-state index contributed by atoms with van der Waals surface area (Å²) in [5.41, 5.74) is 11.7. The molecule has 0 aliphatic carbocycles. The van der Waals surface area contributed by atoms with E-state index in [4.69, 9.17) is 16.2 Å². The van der Waals surface area contributed by atoms with Crippen LogP contribution in [-0.4, -0.2) is 19.1 Å². The summed E-state index contributed by atoms with van der Waals surface area (Å²) in [5, 5.41) is 0. The number of carbonyl (C=O) groups excluding carboxylic acids is 1. The predicted octanol–water partition coefficient (Wildman–Crippen LogP) is 0.679. The number of rotatable bonds is 5. The van der Waals surface area contributed by atoms with Gasteiger partial charge in [0, 0.05) is 12.1 Å². The molecule has 0 aliphatic heterocycles. The molecule has 0 radical (unpaired) electrons. The molecule has 1 aromatic rings. The lowest BCUT2D eigenvalue weighted by Gasteiger charge is -2.06. The molecule has 0 heterocycles. The topological polar surface area (TPSA) is 78.3 Å². The summed E-state index contributed by atoms with van der Waals surface area (Å²) >= 11 is 0. The van der Waals surface area contributed by atoms with E-state index in [0.29, 0.717) is 24.5 Å². The first kappa shape index (κ1) is 11.3. The van der Waals surface area contributed by atoms with Crippen LogP contribution in [0, 0.1) is 0 Å². The van der Waals surface area contributed by atoms with Crippen LogP contribution in [0.1, 0.15) is 10.4 Å². The van der Waals surface area contributed by atoms with Gasteiger partial charge in [-0.15, -0.1) is 0 Å². The van der Waals surface area contributed by atoms with Gasteiger partial charge in [-0.3, -0.25) is 4.79 Å². The molecule has 0 atom stereocenters. The van der Waals surface area contributed by atoms with Crippen LogP contribution in [0.3, 0.4) is 0 Å². The second-order valence-corrected chi connectivity index (χ2v) is 3.13. The maximum atomic E-state index is 10.8. The number of carbonyl (C=O) groups is 1. The summed E-state index contributed by atoms with van der Waals surface area (Å²) in [6.45, 7) is 4.49. The maximum Gasteiger partial charge on any atom is 0.248 e. The van der Waals surface area contributed by atoms with E-state index in [9.17, 15) is 4.79 Å². The number of nitrogens with two attached hydrogens (primary N) is 2. The van der Waals surface area contributed by atoms with Gasteiger partial charge in [0.1, 0.15) is 12.4 Å². The Kier molecular flexibility index (Phi) is 3.88. The lowest BCUT2D eigenvalue weighted by molar-refractivity contribution is 0.100. The quantitative estimate of drug-likeness (QED) is 0.695. The van der Waals surface area contributed by atoms with Crippen molar-refractivity contribution in [2.45, 2.75) is 0 Å². The van der Waals surface area contributed by atoms with Crippen LogP contribution >= 0.6 is 0 Å². The highest BCUT2D eigenvalue weighted by atomic mass is 16.5. The van der Waals surface area contributed by atoms with Gasteiger partial charge >= 0.3 is 0 Å². The van der Waals surface area contributed by atoms with Crippen molar-refractivity contribution < 1.29 is 9.53 Å². The van der Waals surface area contributed by atoms with Gasteiger partial charge in [-0.05, 0) is 29.8 Å². The van der Waals surface area contributed by atoms with Gasteiger partial charge in [0.15, 0.2) is 0 Å². The van der Waals surface area contributed by atoms with Crippen LogP contribution in [-0.2, 0) is 0 Å². The smallest absolute Gasteiger partial charge is 0.248 e. The van der Waals surface area contributed by atoms with Gasteiger partial charge in [-0.25, -0.2) is 0 Å². The molecule has 1 amide bonds. The molecule has 80 valence electrons. The second kappa shape index (κ2) is 5.17. The summed E-state index contributed by atoms with van der Waals surface area (Å²) in [6, 6.07) is 6.60. The Balaban J connectivity index is 2.57. The molecule has 4 nitrogen and oxygen atoms in total. The van der Waals surface area contributed by atoms with Crippen LogP contribution in [0.15, 0.2) is 36.4 Å². The third-order valence-corrected chi connectivity index (χ3v) is 1.87. The fourth-order valence-corrected chi connectivity index (χ4v) is 0.960. The second-order valence-electron chi connectivity index (χ2n) is 3.13. The average molecular weight is 206 g/mol. The van der Waals surface area contributed by atoms with Gasteiger partial charge in [0.25, 0.3) is 0 Å². The highest BCUT2D eigenvalue weighted by molar-refractivity contribution is 5.92. The molecule has 0 bridgehead atoms. The van der Waals surface area contributed by atoms with Crippen molar-refractivity contribution in [3.63, 3.8) is 0 Å². The summed E-state index contributed by atoms with van der Waals surface area (Å²) in [4.78, 5) is 10.8. The SMILES string of the molecule is C=C(CN)COc1ccc(C(N)=O)cc1. The van der Waals surface area contributed by atoms with Gasteiger partial charge in [-0.1, -0.05) is 6.58 Å². The molecule has 0 saturated heterocycles. The van der Waals surface area contributed by atoms with Gasteiger partial charge in [0.05, 0.1) is 0 Å². The fourth-order valence-electron chi connectivity index (χ4n) is 0.960. The van der Waals surface area contributed by atoms with Crippen LogP contribution in [0.5, 0.6) is 5.75 Å². The Labute approximate surface area is 88.5 Å². The first-order valence-corrected chi connectivity index (χ1v) is 4.53. The van der Waals surface area contributed by atoms with E-state index >= 15 is 0 Å². The minimum atomic E-state index is -0.451. The molecule has 15 heavy (non-hydrogen) atoms. The maximum absolute atomic E-state index is 10.8. The lowest BCUT2D eigenvalue weighted by atomic mass is 10.2. The van der Waals surface area contributed by atoms with E-state index in [1.807, 2.05) is 0 Å². The third-order valence-electron chi connectivity index (χ3n) is 1.87. The molecule has 0 spiro atoms. The molecular weight excluding hydrogens is 192 g/mol. The summed E-state index contributed by atoms with van der Waals surface area (Å²) in [7, 11) is 0. The molecule has 1 rings (SSSR count). The summed E-state index contributed by atoms with van der Waals surface area (Å²) < 4.78 is 5.36. The Morgan fingerprint density at radius 3 is 2.40 bits per heavy atom. The van der Waals surface area contributed by atoms with E-state index in [-0.39, 0.29) is 0 Å². The Morgan fingerprint density at radius 2 is 1.93 bits per heavy atom. The highest BCUT2D eigenvalue weighted by Gasteiger charge is 2.00. The average Bonchev–Trinajstić information content (AvgIpc) is 2.26. The Morgan fingerprint density at radius 1 is 1.33 bits per heavy atom. The zero-order chi connectivity index (χ0) is 11.3. The standard InChI is InChI=1S/C11H14N2O2/c1-8(6-12)7-15-10-4-2-9(3-5-10)11(13)14/h2-5H,1,6-7,12H2,(H2,13,14). The van der Waals surface area contributed by atoms with E-state index in [0.717, 1.165) is 5.57 Å². The van der Waals surface area contributed by atoms with Crippen molar-refractivity contribution >= 4 is 5.91 Å². The first-order valence-electron chi connectivity index (χ1n) is 4.53. The van der Waals surface area contributed by atoms with Crippen molar-refractivity contribution in [3.8, 4) is 5.75 Å². The zero-order valence-corrected chi connectivity index (χ0v) is 8.40. The Bertz CT molecular complexity index is 357. The predicted molar refractivity (Wildman–Crippen MR) is 58.6 cm³/mol. The normalized spacial score (nSPS) is 9.67. The van der Waals surface area contributed by atoms with E-state index in [1.54, 1.807) is 24.3 Å². The molecule has 1 aromatic carbocycles. The van der Waals surface area contributed by atoms with Crippen LogP contribution in [0.4, 0.5) is 0 Å². The number of hydrogen-bond acceptors (Lipinski definition) is 3. The molecule has 0 aliphatic rings. The molecule has 4 N–H and O–H groups in total. The van der Waals surface area contributed by atoms with Crippen LogP contribution < -0.4 is 16.2 Å². The number of ether oxygens (including phenoxy) is 1. The monoisotopic (exact) mass is 206 g/mol. The molecule has 0 aromatic heterocycles. The third kappa shape index (κ3) is 3.44. The van der Waals surface area contributed by atoms with Crippen molar-refractivity contribution in [3.05, 3.63) is 42.0 Å². The summed E-state index contributed by atoms with van der Waals surface area (Å²) in [6.07, 6.45) is 0. The summed E-state index contributed by atoms with van der Waals surface area (Å²) in [5.74, 6) is 0.211. The Hall–Kier alpha value is -1.81. The van der Waals surface area contributed by atoms with Crippen molar-refractivity contribution in [2.75, 3.05) is 13.2 Å². The minimum absolute atomic E-state index is 0.381. The zero-order valence-electron chi connectivity index (χ0n) is 8.40. The first-order chi connectivity index (χ1) is 7.13. The molecule has 4 heteroatoms. The van der Waals surface area contributed by atoms with Crippen LogP contribution in [0.2, 0.25) is 0 Å². The fraction of sp³-hybridized carbons (Fsp3) is 0.182. The van der Waals surface area contributed by atoms with Gasteiger partial charge in [-0.2, -0.15) is 0 Å². The number of hydrogen-bond donors (Lipinski definition) is 2. The number of amides is 1. The minimum Gasteiger partial charge on any atom is -0.489 e. The number of primary amides is 1.